The average Bonchev–Trinajstić information content (AvgIpc) is 2.96. The number of hydrogen-bond acceptors (Lipinski definition) is 7. The second-order valence-electron chi connectivity index (χ2n) is 8.87. The first-order chi connectivity index (χ1) is 19.4. The van der Waals surface area contributed by atoms with E-state index in [2.05, 4.69) is 32.5 Å². The van der Waals surface area contributed by atoms with E-state index < -0.39 is 17.5 Å². The SMILES string of the molecule is C=CC(=O)Nc1cc(-c2nc(Nc3ccc(F)c(N4CCOCC4)c3)ncc2Nc2cccc(F)c2)ccc1F. The molecular weight excluding hydrogens is 521 g/mol. The standard InChI is InChI=1S/C29H25F3N6O2/c1-2-27(39)36-24-14-18(6-8-22(24)31)28-25(34-20-5-3-4-19(30)15-20)17-33-29(37-28)35-21-7-9-23(32)26(16-21)38-10-12-40-13-11-38/h2-9,14-17,34H,1,10-13H2,(H,36,39)(H,33,35,37). The maximum Gasteiger partial charge on any atom is 0.247 e. The van der Waals surface area contributed by atoms with E-state index in [1.807, 2.05) is 4.90 Å². The van der Waals surface area contributed by atoms with Gasteiger partial charge in [0.25, 0.3) is 0 Å². The van der Waals surface area contributed by atoms with E-state index in [9.17, 15) is 18.0 Å². The molecular formula is C29H25F3N6O2. The van der Waals surface area contributed by atoms with Crippen molar-refractivity contribution in [1.82, 2.24) is 9.97 Å². The van der Waals surface area contributed by atoms with Crippen LogP contribution in [0.15, 0.2) is 79.5 Å². The van der Waals surface area contributed by atoms with E-state index >= 15 is 0 Å². The maximum absolute atomic E-state index is 14.6. The van der Waals surface area contributed by atoms with Crippen LogP contribution in [0.3, 0.4) is 0 Å². The molecule has 0 saturated carbocycles. The van der Waals surface area contributed by atoms with Gasteiger partial charge in [0, 0.05) is 30.0 Å². The lowest BCUT2D eigenvalue weighted by Gasteiger charge is -2.29. The number of carbonyl (C=O) groups is 1. The molecule has 5 rings (SSSR count). The third-order valence-electron chi connectivity index (χ3n) is 6.13. The van der Waals surface area contributed by atoms with Crippen LogP contribution in [-0.2, 0) is 9.53 Å². The van der Waals surface area contributed by atoms with Crippen LogP contribution in [0, 0.1) is 17.5 Å². The molecule has 1 amide bonds. The molecule has 1 aliphatic rings. The Morgan fingerprint density at radius 2 is 1.70 bits per heavy atom. The summed E-state index contributed by atoms with van der Waals surface area (Å²) in [5.74, 6) is -1.83. The summed E-state index contributed by atoms with van der Waals surface area (Å²) in [5, 5.41) is 8.62. The van der Waals surface area contributed by atoms with Gasteiger partial charge in [-0.3, -0.25) is 4.79 Å². The lowest BCUT2D eigenvalue weighted by Crippen LogP contribution is -2.36. The highest BCUT2D eigenvalue weighted by atomic mass is 19.1. The lowest BCUT2D eigenvalue weighted by molar-refractivity contribution is -0.111. The van der Waals surface area contributed by atoms with Crippen LogP contribution < -0.4 is 20.9 Å². The van der Waals surface area contributed by atoms with Gasteiger partial charge in [-0.25, -0.2) is 23.1 Å². The molecule has 0 radical (unpaired) electrons. The Kier molecular flexibility index (Phi) is 7.92. The quantitative estimate of drug-likeness (QED) is 0.233. The summed E-state index contributed by atoms with van der Waals surface area (Å²) in [4.78, 5) is 22.7. The molecule has 3 N–H and O–H groups in total. The summed E-state index contributed by atoms with van der Waals surface area (Å²) in [5.41, 5.74) is 2.54. The van der Waals surface area contributed by atoms with E-state index in [-0.39, 0.29) is 17.5 Å². The molecule has 4 aromatic rings. The van der Waals surface area contributed by atoms with Crippen molar-refractivity contribution < 1.29 is 22.7 Å². The van der Waals surface area contributed by atoms with Gasteiger partial charge < -0.3 is 25.6 Å². The number of aromatic nitrogens is 2. The number of ether oxygens (including phenoxy) is 1. The summed E-state index contributed by atoms with van der Waals surface area (Å²) in [6.07, 6.45) is 2.52. The van der Waals surface area contributed by atoms with Crippen molar-refractivity contribution in [3.05, 3.63) is 97.0 Å². The Balaban J connectivity index is 1.51. The number of anilines is 6. The molecule has 0 spiro atoms. The van der Waals surface area contributed by atoms with Crippen LogP contribution in [0.25, 0.3) is 11.3 Å². The lowest BCUT2D eigenvalue weighted by atomic mass is 10.1. The zero-order valence-corrected chi connectivity index (χ0v) is 21.3. The van der Waals surface area contributed by atoms with Gasteiger partial charge >= 0.3 is 0 Å². The summed E-state index contributed by atoms with van der Waals surface area (Å²) >= 11 is 0. The molecule has 0 aliphatic carbocycles. The molecule has 2 heterocycles. The van der Waals surface area contributed by atoms with E-state index in [1.54, 1.807) is 24.3 Å². The number of hydrogen-bond donors (Lipinski definition) is 3. The summed E-state index contributed by atoms with van der Waals surface area (Å²) in [7, 11) is 0. The first-order valence-corrected chi connectivity index (χ1v) is 12.4. The minimum Gasteiger partial charge on any atom is -0.378 e. The molecule has 1 saturated heterocycles. The van der Waals surface area contributed by atoms with Crippen molar-refractivity contribution in [2.75, 3.05) is 47.2 Å². The number of rotatable bonds is 8. The van der Waals surface area contributed by atoms with Gasteiger partial charge in [0.2, 0.25) is 11.9 Å². The molecule has 40 heavy (non-hydrogen) atoms. The van der Waals surface area contributed by atoms with E-state index in [0.717, 1.165) is 6.08 Å². The average molecular weight is 547 g/mol. The minimum atomic E-state index is -0.645. The maximum atomic E-state index is 14.6. The van der Waals surface area contributed by atoms with Crippen LogP contribution in [-0.4, -0.2) is 42.2 Å². The highest BCUT2D eigenvalue weighted by Crippen LogP contribution is 2.33. The summed E-state index contributed by atoms with van der Waals surface area (Å²) in [6.45, 7) is 5.54. The van der Waals surface area contributed by atoms with Crippen molar-refractivity contribution in [2.24, 2.45) is 0 Å². The number of benzene rings is 3. The smallest absolute Gasteiger partial charge is 0.247 e. The highest BCUT2D eigenvalue weighted by molar-refractivity contribution is 5.99. The van der Waals surface area contributed by atoms with Gasteiger partial charge in [0.05, 0.1) is 42.2 Å². The molecule has 204 valence electrons. The van der Waals surface area contributed by atoms with Crippen LogP contribution in [0.1, 0.15) is 0 Å². The van der Waals surface area contributed by atoms with Crippen molar-refractivity contribution in [3.63, 3.8) is 0 Å². The zero-order chi connectivity index (χ0) is 28.1. The van der Waals surface area contributed by atoms with E-state index in [4.69, 9.17) is 4.74 Å². The van der Waals surface area contributed by atoms with Gasteiger partial charge in [-0.1, -0.05) is 12.6 Å². The van der Waals surface area contributed by atoms with Gasteiger partial charge in [-0.15, -0.1) is 0 Å². The van der Waals surface area contributed by atoms with Crippen molar-refractivity contribution in [3.8, 4) is 11.3 Å². The van der Waals surface area contributed by atoms with Gasteiger partial charge in [0.1, 0.15) is 17.5 Å². The molecule has 11 heteroatoms. The second kappa shape index (κ2) is 11.9. The largest absolute Gasteiger partial charge is 0.378 e. The minimum absolute atomic E-state index is 0.0686. The Morgan fingerprint density at radius 3 is 2.48 bits per heavy atom. The molecule has 0 bridgehead atoms. The van der Waals surface area contributed by atoms with Crippen LogP contribution in [0.5, 0.6) is 0 Å². The molecule has 0 unspecified atom stereocenters. The predicted molar refractivity (Wildman–Crippen MR) is 149 cm³/mol. The number of nitrogens with zero attached hydrogens (tertiary/aromatic N) is 3. The molecule has 0 atom stereocenters. The normalized spacial score (nSPS) is 13.0. The van der Waals surface area contributed by atoms with Gasteiger partial charge in [0.15, 0.2) is 0 Å². The van der Waals surface area contributed by atoms with Crippen molar-refractivity contribution in [1.29, 1.82) is 0 Å². The Morgan fingerprint density at radius 1 is 0.925 bits per heavy atom. The Labute approximate surface area is 228 Å². The molecule has 1 aliphatic heterocycles. The number of carbonyl (C=O) groups excluding carboxylic acids is 1. The number of amides is 1. The zero-order valence-electron chi connectivity index (χ0n) is 21.3. The Bertz CT molecular complexity index is 1560. The molecule has 8 nitrogen and oxygen atoms in total. The van der Waals surface area contributed by atoms with Gasteiger partial charge in [-0.2, -0.15) is 0 Å². The third-order valence-corrected chi connectivity index (χ3v) is 6.13. The topological polar surface area (TPSA) is 91.4 Å². The van der Waals surface area contributed by atoms with E-state index in [0.29, 0.717) is 60.3 Å². The van der Waals surface area contributed by atoms with Gasteiger partial charge in [-0.05, 0) is 60.7 Å². The van der Waals surface area contributed by atoms with Crippen LogP contribution >= 0.6 is 0 Å². The summed E-state index contributed by atoms with van der Waals surface area (Å²) in [6, 6.07) is 14.6. The number of halogens is 3. The second-order valence-corrected chi connectivity index (χ2v) is 8.87. The Hall–Kier alpha value is -4.90. The first-order valence-electron chi connectivity index (χ1n) is 12.4. The number of nitrogens with one attached hydrogen (secondary N) is 3. The molecule has 1 fully saturated rings. The molecule has 3 aromatic carbocycles. The predicted octanol–water partition coefficient (Wildman–Crippen LogP) is 6.01. The highest BCUT2D eigenvalue weighted by Gasteiger charge is 2.17. The first kappa shape index (κ1) is 26.7. The van der Waals surface area contributed by atoms with Crippen molar-refractivity contribution >= 4 is 40.3 Å². The molecule has 1 aromatic heterocycles. The van der Waals surface area contributed by atoms with Crippen LogP contribution in [0.4, 0.5) is 47.6 Å². The third kappa shape index (κ3) is 6.21. The number of morpholine rings is 1. The fourth-order valence-electron chi connectivity index (χ4n) is 4.19. The fraction of sp³-hybridized carbons (Fsp3) is 0.138. The summed E-state index contributed by atoms with van der Waals surface area (Å²) < 4.78 is 48.3. The van der Waals surface area contributed by atoms with Crippen molar-refractivity contribution in [2.45, 2.75) is 0 Å². The monoisotopic (exact) mass is 546 g/mol. The fourth-order valence-corrected chi connectivity index (χ4v) is 4.19. The van der Waals surface area contributed by atoms with Crippen LogP contribution in [0.2, 0.25) is 0 Å². The van der Waals surface area contributed by atoms with E-state index in [1.165, 1.54) is 42.6 Å².